The number of hydrogen-bond donors (Lipinski definition) is 7. The van der Waals surface area contributed by atoms with E-state index in [2.05, 4.69) is 9.47 Å². The van der Waals surface area contributed by atoms with E-state index in [4.69, 9.17) is 25.6 Å². The zero-order chi connectivity index (χ0) is 18.4. The van der Waals surface area contributed by atoms with Gasteiger partial charge in [-0.25, -0.2) is 0 Å². The Hall–Kier alpha value is -1.46. The molecule has 0 amide bonds. The summed E-state index contributed by atoms with van der Waals surface area (Å²) < 4.78 is 14.1. The van der Waals surface area contributed by atoms with Crippen molar-refractivity contribution in [1.82, 2.24) is 10.5 Å². The lowest BCUT2D eigenvalue weighted by atomic mass is 9.99. The molecule has 140 valence electrons. The van der Waals surface area contributed by atoms with Crippen LogP contribution in [-0.2, 0) is 23.8 Å². The number of carbonyl (C=O) groups is 2. The summed E-state index contributed by atoms with van der Waals surface area (Å²) >= 11 is 0. The van der Waals surface area contributed by atoms with Crippen LogP contribution < -0.4 is 0 Å². The molecule has 0 aliphatic carbocycles. The number of aliphatic hydroxyl groups excluding tert-OH is 3. The van der Waals surface area contributed by atoms with E-state index in [1.165, 1.54) is 0 Å². The Bertz CT molecular complexity index is 430. The molecule has 0 bridgehead atoms. The molecule has 14 heteroatoms. The summed E-state index contributed by atoms with van der Waals surface area (Å²) in [7, 11) is 0. The van der Waals surface area contributed by atoms with Crippen LogP contribution in [0, 0.1) is 0 Å². The van der Waals surface area contributed by atoms with Gasteiger partial charge in [-0.15, -0.1) is 0 Å². The fraction of sp³-hybridized carbons (Fsp3) is 0.800. The molecule has 0 saturated carbocycles. The van der Waals surface area contributed by atoms with Gasteiger partial charge in [-0.2, -0.15) is 0 Å². The Kier molecular flexibility index (Phi) is 7.84. The number of rotatable bonds is 7. The van der Waals surface area contributed by atoms with Crippen molar-refractivity contribution in [2.24, 2.45) is 0 Å². The van der Waals surface area contributed by atoms with Crippen LogP contribution in [0.3, 0.4) is 0 Å². The number of aliphatic hydroxyl groups is 3. The lowest BCUT2D eigenvalue weighted by Gasteiger charge is -2.39. The molecule has 1 heterocycles. The highest BCUT2D eigenvalue weighted by Crippen LogP contribution is 2.22. The molecule has 14 nitrogen and oxygen atoms in total. The van der Waals surface area contributed by atoms with Crippen molar-refractivity contribution in [3.63, 3.8) is 0 Å². The molecule has 1 aliphatic rings. The Labute approximate surface area is 134 Å². The quantitative estimate of drug-likeness (QED) is 0.171. The standard InChI is InChI=1S/C10H18N2O12/c13-5(1-11(18)19)22-3-4-7(15)8(16)9(17)10(23-4)24-6(14)2-12(20)21/h4,7-10,15-21H,1-3H2/t4-,7-,8+,9-,10+/m1/s1. The summed E-state index contributed by atoms with van der Waals surface area (Å²) in [5.74, 6) is -2.35. The predicted molar refractivity (Wildman–Crippen MR) is 64.3 cm³/mol. The van der Waals surface area contributed by atoms with Gasteiger partial charge in [0.25, 0.3) is 0 Å². The van der Waals surface area contributed by atoms with Gasteiger partial charge in [-0.1, -0.05) is 10.5 Å². The first-order valence-corrected chi connectivity index (χ1v) is 6.47. The highest BCUT2D eigenvalue weighted by Gasteiger charge is 2.46. The van der Waals surface area contributed by atoms with Gasteiger partial charge in [0.2, 0.25) is 6.29 Å². The highest BCUT2D eigenvalue weighted by atomic mass is 16.8. The summed E-state index contributed by atoms with van der Waals surface area (Å²) in [4.78, 5) is 22.4. The van der Waals surface area contributed by atoms with E-state index >= 15 is 0 Å². The van der Waals surface area contributed by atoms with E-state index < -0.39 is 72.8 Å². The third-order valence-electron chi connectivity index (χ3n) is 2.87. The second-order valence-electron chi connectivity index (χ2n) is 4.75. The molecule has 0 spiro atoms. The van der Waals surface area contributed by atoms with Crippen LogP contribution in [0.2, 0.25) is 0 Å². The van der Waals surface area contributed by atoms with E-state index in [9.17, 15) is 24.9 Å². The number of ether oxygens (including phenoxy) is 3. The molecule has 0 unspecified atom stereocenters. The molecule has 0 aromatic carbocycles. The normalized spacial score (nSPS) is 30.5. The summed E-state index contributed by atoms with van der Waals surface area (Å²) in [6.45, 7) is -2.57. The van der Waals surface area contributed by atoms with Gasteiger partial charge in [-0.05, 0) is 0 Å². The van der Waals surface area contributed by atoms with Crippen molar-refractivity contribution in [1.29, 1.82) is 0 Å². The zero-order valence-electron chi connectivity index (χ0n) is 12.1. The van der Waals surface area contributed by atoms with Crippen LogP contribution in [-0.4, -0.2) is 109 Å². The van der Waals surface area contributed by atoms with E-state index in [0.29, 0.717) is 0 Å². The Morgan fingerprint density at radius 2 is 1.42 bits per heavy atom. The number of hydroxylamine groups is 4. The lowest BCUT2D eigenvalue weighted by molar-refractivity contribution is -0.318. The van der Waals surface area contributed by atoms with E-state index in [0.717, 1.165) is 0 Å². The van der Waals surface area contributed by atoms with Gasteiger partial charge in [0, 0.05) is 0 Å². The minimum absolute atomic E-state index is 0.445. The summed E-state index contributed by atoms with van der Waals surface area (Å²) in [6.07, 6.45) is -8.60. The van der Waals surface area contributed by atoms with Crippen molar-refractivity contribution in [2.75, 3.05) is 19.7 Å². The molecule has 1 aliphatic heterocycles. The molecule has 24 heavy (non-hydrogen) atoms. The van der Waals surface area contributed by atoms with Crippen molar-refractivity contribution in [3.8, 4) is 0 Å². The maximum absolute atomic E-state index is 11.3. The summed E-state index contributed by atoms with van der Waals surface area (Å²) in [5, 5.41) is 62.0. The average molecular weight is 358 g/mol. The van der Waals surface area contributed by atoms with E-state index in [-0.39, 0.29) is 0 Å². The SMILES string of the molecule is O=C(CN(O)O)OC[C@H]1O[C@@H](OC(=O)CN(O)O)[C@H](O)[C@@H](O)[C@@H]1O. The largest absolute Gasteiger partial charge is 0.462 e. The minimum atomic E-state index is -1.85. The molecule has 0 radical (unpaired) electrons. The number of carbonyl (C=O) groups excluding carboxylic acids is 2. The zero-order valence-corrected chi connectivity index (χ0v) is 12.1. The second-order valence-corrected chi connectivity index (χ2v) is 4.75. The Morgan fingerprint density at radius 3 is 1.96 bits per heavy atom. The first-order chi connectivity index (χ1) is 11.1. The minimum Gasteiger partial charge on any atom is -0.462 e. The van der Waals surface area contributed by atoms with Crippen molar-refractivity contribution in [3.05, 3.63) is 0 Å². The van der Waals surface area contributed by atoms with Gasteiger partial charge >= 0.3 is 11.9 Å². The fourth-order valence-electron chi connectivity index (χ4n) is 1.77. The average Bonchev–Trinajstić information content (AvgIpc) is 2.45. The first kappa shape index (κ1) is 20.6. The van der Waals surface area contributed by atoms with Crippen LogP contribution in [0.1, 0.15) is 0 Å². The van der Waals surface area contributed by atoms with Crippen LogP contribution in [0.15, 0.2) is 0 Å². The molecular formula is C10H18N2O12. The first-order valence-electron chi connectivity index (χ1n) is 6.47. The summed E-state index contributed by atoms with van der Waals surface area (Å²) in [6, 6.07) is 0. The van der Waals surface area contributed by atoms with Crippen molar-refractivity contribution in [2.45, 2.75) is 30.7 Å². The predicted octanol–water partition coefficient (Wildman–Crippen LogP) is -3.96. The van der Waals surface area contributed by atoms with Gasteiger partial charge in [0.1, 0.15) is 44.1 Å². The molecule has 1 fully saturated rings. The molecule has 7 N–H and O–H groups in total. The third kappa shape index (κ3) is 6.21. The van der Waals surface area contributed by atoms with Crippen LogP contribution in [0.25, 0.3) is 0 Å². The Morgan fingerprint density at radius 1 is 0.875 bits per heavy atom. The molecule has 5 atom stereocenters. The molecule has 0 aromatic rings. The van der Waals surface area contributed by atoms with Crippen molar-refractivity contribution >= 4 is 11.9 Å². The van der Waals surface area contributed by atoms with Crippen LogP contribution >= 0.6 is 0 Å². The topological polar surface area (TPSA) is 210 Å². The number of esters is 2. The van der Waals surface area contributed by atoms with E-state index in [1.54, 1.807) is 0 Å². The maximum atomic E-state index is 11.3. The van der Waals surface area contributed by atoms with Crippen LogP contribution in [0.4, 0.5) is 0 Å². The highest BCUT2D eigenvalue weighted by molar-refractivity contribution is 5.71. The monoisotopic (exact) mass is 358 g/mol. The lowest BCUT2D eigenvalue weighted by Crippen LogP contribution is -2.60. The fourth-order valence-corrected chi connectivity index (χ4v) is 1.77. The number of hydrogen-bond acceptors (Lipinski definition) is 14. The van der Waals surface area contributed by atoms with Crippen molar-refractivity contribution < 1.29 is 59.9 Å². The van der Waals surface area contributed by atoms with Crippen LogP contribution in [0.5, 0.6) is 0 Å². The van der Waals surface area contributed by atoms with Gasteiger partial charge in [0.05, 0.1) is 0 Å². The van der Waals surface area contributed by atoms with E-state index in [1.807, 2.05) is 0 Å². The second kappa shape index (κ2) is 9.14. The number of nitrogens with zero attached hydrogens (tertiary/aromatic N) is 2. The molecule has 0 aromatic heterocycles. The van der Waals surface area contributed by atoms with Gasteiger partial charge in [0.15, 0.2) is 0 Å². The molecule has 1 saturated heterocycles. The third-order valence-corrected chi connectivity index (χ3v) is 2.87. The molecule has 1 rings (SSSR count). The smallest absolute Gasteiger partial charge is 0.327 e. The van der Waals surface area contributed by atoms with Gasteiger partial charge < -0.3 is 29.5 Å². The molecular weight excluding hydrogens is 340 g/mol. The van der Waals surface area contributed by atoms with Gasteiger partial charge in [-0.3, -0.25) is 30.4 Å². The summed E-state index contributed by atoms with van der Waals surface area (Å²) in [5.41, 5.74) is 0. The Balaban J connectivity index is 2.62. The maximum Gasteiger partial charge on any atom is 0.327 e.